The summed E-state index contributed by atoms with van der Waals surface area (Å²) in [4.78, 5) is 22.4. The van der Waals surface area contributed by atoms with Crippen molar-refractivity contribution >= 4 is 5.91 Å². The van der Waals surface area contributed by atoms with E-state index in [1.165, 1.54) is 6.07 Å². The van der Waals surface area contributed by atoms with E-state index in [2.05, 4.69) is 15.1 Å². The molecule has 1 aliphatic rings. The van der Waals surface area contributed by atoms with E-state index in [9.17, 15) is 9.18 Å². The zero-order valence-corrected chi connectivity index (χ0v) is 13.3. The number of halogens is 1. The molecule has 1 unspecified atom stereocenters. The molecule has 3 aromatic rings. The van der Waals surface area contributed by atoms with Gasteiger partial charge in [0.1, 0.15) is 11.5 Å². The molecule has 0 N–H and O–H groups in total. The van der Waals surface area contributed by atoms with Gasteiger partial charge in [-0.3, -0.25) is 9.78 Å². The summed E-state index contributed by atoms with van der Waals surface area (Å²) >= 11 is 0. The van der Waals surface area contributed by atoms with Crippen LogP contribution in [-0.2, 0) is 11.3 Å². The van der Waals surface area contributed by atoms with Crippen molar-refractivity contribution in [2.75, 3.05) is 6.54 Å². The number of rotatable bonds is 4. The van der Waals surface area contributed by atoms with Crippen molar-refractivity contribution in [2.45, 2.75) is 18.9 Å². The van der Waals surface area contributed by atoms with Gasteiger partial charge in [0.05, 0.1) is 5.92 Å². The Hall–Kier alpha value is -3.09. The number of aromatic nitrogens is 3. The molecule has 0 aliphatic carbocycles. The van der Waals surface area contributed by atoms with Gasteiger partial charge in [-0.2, -0.15) is 4.98 Å². The van der Waals surface area contributed by atoms with Crippen LogP contribution in [0.4, 0.5) is 4.39 Å². The van der Waals surface area contributed by atoms with Crippen LogP contribution in [0.2, 0.25) is 0 Å². The van der Waals surface area contributed by atoms with Gasteiger partial charge in [0, 0.05) is 31.3 Å². The summed E-state index contributed by atoms with van der Waals surface area (Å²) in [7, 11) is 0. The molecule has 0 saturated carbocycles. The Balaban J connectivity index is 1.49. The molecule has 1 amide bonds. The van der Waals surface area contributed by atoms with Gasteiger partial charge in [-0.25, -0.2) is 4.39 Å². The van der Waals surface area contributed by atoms with E-state index in [0.29, 0.717) is 29.5 Å². The minimum absolute atomic E-state index is 0.0501. The number of hydrogen-bond donors (Lipinski definition) is 0. The molecular formula is C18H15FN4O2. The van der Waals surface area contributed by atoms with Crippen LogP contribution in [0.25, 0.3) is 11.5 Å². The number of carbonyl (C=O) groups excluding carboxylic acids is 1. The van der Waals surface area contributed by atoms with Crippen molar-refractivity contribution in [1.29, 1.82) is 0 Å². The van der Waals surface area contributed by atoms with E-state index in [4.69, 9.17) is 4.52 Å². The predicted molar refractivity (Wildman–Crippen MR) is 86.7 cm³/mol. The van der Waals surface area contributed by atoms with Gasteiger partial charge in [0.15, 0.2) is 0 Å². The molecule has 1 aromatic carbocycles. The fourth-order valence-corrected chi connectivity index (χ4v) is 2.92. The van der Waals surface area contributed by atoms with Crippen molar-refractivity contribution in [2.24, 2.45) is 0 Å². The third kappa shape index (κ3) is 3.13. The summed E-state index contributed by atoms with van der Waals surface area (Å²) in [5, 5.41) is 3.94. The maximum Gasteiger partial charge on any atom is 0.232 e. The third-order valence-corrected chi connectivity index (χ3v) is 4.22. The maximum absolute atomic E-state index is 13.8. The summed E-state index contributed by atoms with van der Waals surface area (Å²) in [6, 6.07) is 11.9. The lowest BCUT2D eigenvalue weighted by atomic mass is 10.1. The monoisotopic (exact) mass is 338 g/mol. The predicted octanol–water partition coefficient (Wildman–Crippen LogP) is 2.79. The van der Waals surface area contributed by atoms with Crippen LogP contribution in [0.3, 0.4) is 0 Å². The van der Waals surface area contributed by atoms with Crippen LogP contribution < -0.4 is 0 Å². The molecule has 0 bridgehead atoms. The molecule has 1 saturated heterocycles. The molecule has 1 aliphatic heterocycles. The average molecular weight is 338 g/mol. The van der Waals surface area contributed by atoms with Crippen LogP contribution in [0.15, 0.2) is 53.2 Å². The smallest absolute Gasteiger partial charge is 0.232 e. The Morgan fingerprint density at radius 1 is 1.20 bits per heavy atom. The summed E-state index contributed by atoms with van der Waals surface area (Å²) in [6.45, 7) is 0.667. The third-order valence-electron chi connectivity index (χ3n) is 4.22. The van der Waals surface area contributed by atoms with Gasteiger partial charge in [-0.05, 0) is 18.2 Å². The zero-order chi connectivity index (χ0) is 17.2. The maximum atomic E-state index is 13.8. The second-order valence-electron chi connectivity index (χ2n) is 5.94. The van der Waals surface area contributed by atoms with E-state index in [1.807, 2.05) is 6.07 Å². The number of hydrogen-bond acceptors (Lipinski definition) is 5. The Labute approximate surface area is 143 Å². The molecular weight excluding hydrogens is 323 g/mol. The standard InChI is InChI=1S/C18H15FN4O2/c19-14-6-2-1-5-12(14)10-23-11-13(9-16(23)24)18-21-17(22-25-18)15-7-3-4-8-20-15/h1-8,13H,9-11H2. The number of benzene rings is 1. The molecule has 2 aromatic heterocycles. The molecule has 1 fully saturated rings. The van der Waals surface area contributed by atoms with Crippen LogP contribution in [0, 0.1) is 5.82 Å². The van der Waals surface area contributed by atoms with Crippen molar-refractivity contribution in [3.63, 3.8) is 0 Å². The quantitative estimate of drug-likeness (QED) is 0.731. The number of amides is 1. The van der Waals surface area contributed by atoms with Crippen molar-refractivity contribution in [1.82, 2.24) is 20.0 Å². The molecule has 3 heterocycles. The van der Waals surface area contributed by atoms with Crippen LogP contribution in [0.5, 0.6) is 0 Å². The molecule has 126 valence electrons. The lowest BCUT2D eigenvalue weighted by Crippen LogP contribution is -2.24. The molecule has 1 atom stereocenters. The van der Waals surface area contributed by atoms with Crippen molar-refractivity contribution in [3.8, 4) is 11.5 Å². The first-order valence-corrected chi connectivity index (χ1v) is 7.97. The molecule has 4 rings (SSSR count). The SMILES string of the molecule is O=C1CC(c2nc(-c3ccccn3)no2)CN1Cc1ccccc1F. The summed E-state index contributed by atoms with van der Waals surface area (Å²) in [5.41, 5.74) is 1.11. The lowest BCUT2D eigenvalue weighted by molar-refractivity contribution is -0.128. The van der Waals surface area contributed by atoms with Crippen LogP contribution >= 0.6 is 0 Å². The topological polar surface area (TPSA) is 72.1 Å². The lowest BCUT2D eigenvalue weighted by Gasteiger charge is -2.16. The first-order valence-electron chi connectivity index (χ1n) is 7.97. The number of likely N-dealkylation sites (tertiary alicyclic amines) is 1. The molecule has 0 radical (unpaired) electrons. The fraction of sp³-hybridized carbons (Fsp3) is 0.222. The van der Waals surface area contributed by atoms with Crippen molar-refractivity contribution < 1.29 is 13.7 Å². The van der Waals surface area contributed by atoms with Crippen LogP contribution in [0.1, 0.15) is 23.8 Å². The second kappa shape index (κ2) is 6.43. The average Bonchev–Trinajstić information content (AvgIpc) is 3.25. The van der Waals surface area contributed by atoms with Crippen LogP contribution in [-0.4, -0.2) is 32.5 Å². The Bertz CT molecular complexity index is 897. The molecule has 7 heteroatoms. The zero-order valence-electron chi connectivity index (χ0n) is 13.3. The molecule has 6 nitrogen and oxygen atoms in total. The molecule has 0 spiro atoms. The first kappa shape index (κ1) is 15.4. The fourth-order valence-electron chi connectivity index (χ4n) is 2.92. The van der Waals surface area contributed by atoms with Gasteiger partial charge in [-0.15, -0.1) is 0 Å². The van der Waals surface area contributed by atoms with Gasteiger partial charge in [-0.1, -0.05) is 29.4 Å². The highest BCUT2D eigenvalue weighted by Gasteiger charge is 2.34. The van der Waals surface area contributed by atoms with E-state index in [-0.39, 0.29) is 30.6 Å². The van der Waals surface area contributed by atoms with E-state index in [0.717, 1.165) is 0 Å². The molecule has 25 heavy (non-hydrogen) atoms. The van der Waals surface area contributed by atoms with E-state index in [1.54, 1.807) is 41.4 Å². The first-order chi connectivity index (χ1) is 12.2. The minimum atomic E-state index is -0.311. The minimum Gasteiger partial charge on any atom is -0.339 e. The summed E-state index contributed by atoms with van der Waals surface area (Å²) in [5.74, 6) is 0.254. The van der Waals surface area contributed by atoms with Crippen molar-refractivity contribution in [3.05, 3.63) is 65.9 Å². The Morgan fingerprint density at radius 3 is 2.84 bits per heavy atom. The van der Waals surface area contributed by atoms with E-state index >= 15 is 0 Å². The number of pyridine rings is 1. The normalized spacial score (nSPS) is 17.2. The highest BCUT2D eigenvalue weighted by Crippen LogP contribution is 2.29. The highest BCUT2D eigenvalue weighted by molar-refractivity contribution is 5.79. The number of nitrogens with zero attached hydrogens (tertiary/aromatic N) is 4. The second-order valence-corrected chi connectivity index (χ2v) is 5.94. The highest BCUT2D eigenvalue weighted by atomic mass is 19.1. The largest absolute Gasteiger partial charge is 0.339 e. The Morgan fingerprint density at radius 2 is 2.04 bits per heavy atom. The van der Waals surface area contributed by atoms with Gasteiger partial charge in [0.2, 0.25) is 17.6 Å². The summed E-state index contributed by atoms with van der Waals surface area (Å²) in [6.07, 6.45) is 1.93. The van der Waals surface area contributed by atoms with Gasteiger partial charge >= 0.3 is 0 Å². The van der Waals surface area contributed by atoms with Gasteiger partial charge in [0.25, 0.3) is 0 Å². The van der Waals surface area contributed by atoms with Gasteiger partial charge < -0.3 is 9.42 Å². The summed E-state index contributed by atoms with van der Waals surface area (Å²) < 4.78 is 19.1. The van der Waals surface area contributed by atoms with E-state index < -0.39 is 0 Å². The Kier molecular flexibility index (Phi) is 3.97. The number of carbonyl (C=O) groups is 1.